The van der Waals surface area contributed by atoms with Gasteiger partial charge in [-0.2, -0.15) is 0 Å². The van der Waals surface area contributed by atoms with Crippen molar-refractivity contribution in [3.8, 4) is 0 Å². The van der Waals surface area contributed by atoms with Gasteiger partial charge in [0, 0.05) is 26.2 Å². The van der Waals surface area contributed by atoms with Crippen molar-refractivity contribution < 1.29 is 23.9 Å². The molecular weight excluding hydrogens is 522 g/mol. The maximum Gasteiger partial charge on any atom is 0.241 e. The Hall–Kier alpha value is -3.13. The highest BCUT2D eigenvalue weighted by atomic mass is 79.9. The predicted octanol–water partition coefficient (Wildman–Crippen LogP) is 4.80. The molecule has 1 aliphatic carbocycles. The van der Waals surface area contributed by atoms with Gasteiger partial charge in [0.15, 0.2) is 0 Å². The van der Waals surface area contributed by atoms with Crippen LogP contribution in [0.3, 0.4) is 0 Å². The van der Waals surface area contributed by atoms with Gasteiger partial charge < -0.3 is 4.74 Å². The molecular formula is C26H15BrClNO5. The summed E-state index contributed by atoms with van der Waals surface area (Å²) >= 11 is 9.79. The number of ketones is 2. The van der Waals surface area contributed by atoms with Crippen LogP contribution in [-0.2, 0) is 14.3 Å². The molecule has 6 nitrogen and oxygen atoms in total. The zero-order valence-corrected chi connectivity index (χ0v) is 19.7. The molecule has 8 heteroatoms. The van der Waals surface area contributed by atoms with Crippen LogP contribution in [-0.4, -0.2) is 29.0 Å². The fourth-order valence-corrected chi connectivity index (χ4v) is 5.86. The third-order valence-electron chi connectivity index (χ3n) is 6.82. The topological polar surface area (TPSA) is 80.8 Å². The molecule has 0 unspecified atom stereocenters. The van der Waals surface area contributed by atoms with Crippen molar-refractivity contribution in [2.45, 2.75) is 11.7 Å². The third-order valence-corrected chi connectivity index (χ3v) is 7.69. The molecule has 2 heterocycles. The smallest absolute Gasteiger partial charge is 0.241 e. The third kappa shape index (κ3) is 2.66. The highest BCUT2D eigenvalue weighted by Crippen LogP contribution is 2.58. The van der Waals surface area contributed by atoms with Gasteiger partial charge in [-0.3, -0.25) is 19.2 Å². The van der Waals surface area contributed by atoms with Crippen LogP contribution in [0.15, 0.2) is 77.3 Å². The second kappa shape index (κ2) is 7.43. The Kier molecular flexibility index (Phi) is 4.68. The molecule has 2 aliphatic heterocycles. The van der Waals surface area contributed by atoms with Crippen LogP contribution in [0.2, 0.25) is 5.02 Å². The minimum absolute atomic E-state index is 0.188. The highest BCUT2D eigenvalue weighted by Gasteiger charge is 2.74. The number of amides is 2. The number of imide groups is 1. The first-order valence-electron chi connectivity index (χ1n) is 10.6. The van der Waals surface area contributed by atoms with Gasteiger partial charge in [0.1, 0.15) is 0 Å². The first kappa shape index (κ1) is 21.4. The van der Waals surface area contributed by atoms with E-state index in [1.54, 1.807) is 72.8 Å². The van der Waals surface area contributed by atoms with Crippen molar-refractivity contribution in [2.75, 3.05) is 4.90 Å². The van der Waals surface area contributed by atoms with Crippen LogP contribution < -0.4 is 4.90 Å². The Balaban J connectivity index is 1.56. The van der Waals surface area contributed by atoms with Gasteiger partial charge in [0.25, 0.3) is 0 Å². The fourth-order valence-electron chi connectivity index (χ4n) is 5.35. The molecule has 0 radical (unpaired) electrons. The number of hydrogen-bond acceptors (Lipinski definition) is 5. The Morgan fingerprint density at radius 2 is 1.38 bits per heavy atom. The van der Waals surface area contributed by atoms with Crippen LogP contribution in [0, 0.1) is 11.8 Å². The van der Waals surface area contributed by atoms with E-state index in [0.29, 0.717) is 16.3 Å². The molecule has 0 N–H and O–H groups in total. The second-order valence-corrected chi connectivity index (χ2v) is 9.81. The average molecular weight is 537 g/mol. The van der Waals surface area contributed by atoms with Crippen molar-refractivity contribution in [2.24, 2.45) is 11.8 Å². The minimum Gasteiger partial charge on any atom is -0.349 e. The summed E-state index contributed by atoms with van der Waals surface area (Å²) in [6, 6.07) is 19.8. The fraction of sp³-hybridized carbons (Fsp3) is 0.154. The van der Waals surface area contributed by atoms with Gasteiger partial charge in [-0.15, -0.1) is 0 Å². The number of carbonyl (C=O) groups excluding carboxylic acids is 4. The summed E-state index contributed by atoms with van der Waals surface area (Å²) in [5.74, 6) is -4.76. The summed E-state index contributed by atoms with van der Waals surface area (Å²) in [5.41, 5.74) is -0.932. The van der Waals surface area contributed by atoms with E-state index >= 15 is 0 Å². The molecule has 6 rings (SSSR count). The first-order valence-corrected chi connectivity index (χ1v) is 11.8. The number of carbonyl (C=O) groups is 4. The van der Waals surface area contributed by atoms with E-state index in [-0.39, 0.29) is 11.1 Å². The molecule has 3 aliphatic rings. The molecule has 3 aromatic carbocycles. The molecule has 168 valence electrons. The number of fused-ring (bicyclic) bond motifs is 3. The van der Waals surface area contributed by atoms with Crippen molar-refractivity contribution >= 4 is 56.6 Å². The van der Waals surface area contributed by atoms with Gasteiger partial charge in [0.05, 0.1) is 23.6 Å². The normalized spacial score (nSPS) is 24.8. The number of benzene rings is 3. The van der Waals surface area contributed by atoms with Crippen molar-refractivity contribution in [3.63, 3.8) is 0 Å². The van der Waals surface area contributed by atoms with Gasteiger partial charge >= 0.3 is 0 Å². The zero-order valence-electron chi connectivity index (χ0n) is 17.4. The highest BCUT2D eigenvalue weighted by molar-refractivity contribution is 9.10. The molecule has 2 fully saturated rings. The molecule has 0 bridgehead atoms. The molecule has 1 spiro atoms. The Labute approximate surface area is 207 Å². The number of rotatable bonds is 2. The Morgan fingerprint density at radius 3 is 2.00 bits per heavy atom. The van der Waals surface area contributed by atoms with E-state index < -0.39 is 46.9 Å². The van der Waals surface area contributed by atoms with E-state index in [2.05, 4.69) is 15.9 Å². The van der Waals surface area contributed by atoms with Gasteiger partial charge in [-0.25, -0.2) is 4.90 Å². The molecule has 3 aromatic rings. The molecule has 3 atom stereocenters. The van der Waals surface area contributed by atoms with E-state index in [4.69, 9.17) is 16.3 Å². The lowest BCUT2D eigenvalue weighted by Gasteiger charge is -2.27. The summed E-state index contributed by atoms with van der Waals surface area (Å²) < 4.78 is 7.01. The minimum atomic E-state index is -2.12. The summed E-state index contributed by atoms with van der Waals surface area (Å²) in [5, 5.41) is 0.320. The van der Waals surface area contributed by atoms with Gasteiger partial charge in [0.2, 0.25) is 29.0 Å². The maximum absolute atomic E-state index is 13.8. The number of Topliss-reactive ketones (excluding diaryl/α,β-unsaturated/α-hetero) is 2. The summed E-state index contributed by atoms with van der Waals surface area (Å²) in [6.07, 6.45) is -1.04. The number of halogens is 2. The number of anilines is 1. The number of hydrogen-bond donors (Lipinski definition) is 0. The SMILES string of the molecule is O=C1[C@H]2[C@@H](c3ccccc3Cl)OC3(C(=O)c4ccccc4C3=O)[C@H]2C(=O)N1c1ccc(Br)cc1. The average Bonchev–Trinajstić information content (AvgIpc) is 3.40. The van der Waals surface area contributed by atoms with E-state index in [1.165, 1.54) is 0 Å². The van der Waals surface area contributed by atoms with Crippen LogP contribution in [0.1, 0.15) is 32.4 Å². The lowest BCUT2D eigenvalue weighted by molar-refractivity contribution is -0.127. The van der Waals surface area contributed by atoms with Crippen LogP contribution in [0.4, 0.5) is 5.69 Å². The van der Waals surface area contributed by atoms with E-state index in [1.807, 2.05) is 0 Å². The lowest BCUT2D eigenvalue weighted by Crippen LogP contribution is -2.51. The summed E-state index contributed by atoms with van der Waals surface area (Å²) in [6.45, 7) is 0. The summed E-state index contributed by atoms with van der Waals surface area (Å²) in [4.78, 5) is 56.0. The molecule has 0 saturated carbocycles. The number of ether oxygens (including phenoxy) is 1. The monoisotopic (exact) mass is 535 g/mol. The van der Waals surface area contributed by atoms with E-state index in [9.17, 15) is 19.2 Å². The maximum atomic E-state index is 13.8. The second-order valence-electron chi connectivity index (χ2n) is 8.49. The first-order chi connectivity index (χ1) is 16.4. The van der Waals surface area contributed by atoms with Crippen LogP contribution in [0.5, 0.6) is 0 Å². The Morgan fingerprint density at radius 1 is 0.794 bits per heavy atom. The van der Waals surface area contributed by atoms with Crippen molar-refractivity contribution in [1.82, 2.24) is 0 Å². The van der Waals surface area contributed by atoms with Crippen LogP contribution in [0.25, 0.3) is 0 Å². The molecule has 2 amide bonds. The van der Waals surface area contributed by atoms with Crippen molar-refractivity contribution in [3.05, 3.63) is 99.0 Å². The lowest BCUT2D eigenvalue weighted by atomic mass is 9.77. The zero-order chi connectivity index (χ0) is 23.8. The molecule has 34 heavy (non-hydrogen) atoms. The molecule has 0 aromatic heterocycles. The number of nitrogens with zero attached hydrogens (tertiary/aromatic N) is 1. The van der Waals surface area contributed by atoms with Gasteiger partial charge in [-0.1, -0.05) is 70.0 Å². The summed E-state index contributed by atoms with van der Waals surface area (Å²) in [7, 11) is 0. The van der Waals surface area contributed by atoms with Crippen LogP contribution >= 0.6 is 27.5 Å². The Bertz CT molecular complexity index is 1380. The van der Waals surface area contributed by atoms with Crippen molar-refractivity contribution in [1.29, 1.82) is 0 Å². The standard InChI is InChI=1S/C26H15BrClNO5/c27-13-9-11-14(12-10-13)29-24(32)19-20(25(29)33)26(34-21(19)17-7-3-4-8-18(17)28)22(30)15-5-1-2-6-16(15)23(26)31/h1-12,19-21H/t19-,20-,21-/m1/s1. The molecule has 2 saturated heterocycles. The van der Waals surface area contributed by atoms with Gasteiger partial charge in [-0.05, 0) is 30.3 Å². The van der Waals surface area contributed by atoms with E-state index in [0.717, 1.165) is 9.37 Å². The largest absolute Gasteiger partial charge is 0.349 e. The quantitative estimate of drug-likeness (QED) is 0.347. The predicted molar refractivity (Wildman–Crippen MR) is 127 cm³/mol.